The summed E-state index contributed by atoms with van der Waals surface area (Å²) in [6, 6.07) is 11.3. The first-order chi connectivity index (χ1) is 14.3. The van der Waals surface area contributed by atoms with Gasteiger partial charge in [0.05, 0.1) is 20.5 Å². The molecule has 0 aliphatic rings. The van der Waals surface area contributed by atoms with Crippen LogP contribution >= 0.6 is 22.9 Å². The first-order valence-electron chi connectivity index (χ1n) is 9.19. The van der Waals surface area contributed by atoms with Gasteiger partial charge in [-0.2, -0.15) is 0 Å². The predicted molar refractivity (Wildman–Crippen MR) is 115 cm³/mol. The maximum Gasteiger partial charge on any atom is 0.264 e. The van der Waals surface area contributed by atoms with E-state index >= 15 is 0 Å². The van der Waals surface area contributed by atoms with Crippen LogP contribution in [0.3, 0.4) is 0 Å². The highest BCUT2D eigenvalue weighted by atomic mass is 35.5. The fourth-order valence-electron chi connectivity index (χ4n) is 2.94. The molecule has 1 heterocycles. The molecule has 0 spiro atoms. The van der Waals surface area contributed by atoms with Crippen molar-refractivity contribution in [2.45, 2.75) is 20.4 Å². The summed E-state index contributed by atoms with van der Waals surface area (Å²) in [7, 11) is 0. The van der Waals surface area contributed by atoms with Crippen molar-refractivity contribution < 1.29 is 18.4 Å². The number of halogens is 3. The number of anilines is 1. The van der Waals surface area contributed by atoms with Crippen LogP contribution < -0.4 is 5.32 Å². The van der Waals surface area contributed by atoms with E-state index < -0.39 is 11.7 Å². The van der Waals surface area contributed by atoms with Gasteiger partial charge in [0.15, 0.2) is 0 Å². The summed E-state index contributed by atoms with van der Waals surface area (Å²) in [6.45, 7) is 4.34. The Morgan fingerprint density at radius 2 is 1.83 bits per heavy atom. The standard InChI is InChI=1S/C22H19ClF2N2O2S/c1-3-27(12-14-5-4-6-15(24)10-14)22(29)20-13(2)9-19(30-20)26-21(28)17-8-7-16(25)11-18(17)23/h4-11H,3,12H2,1-2H3,(H,26,28). The van der Waals surface area contributed by atoms with Crippen LogP contribution in [0.15, 0.2) is 48.5 Å². The molecule has 4 nitrogen and oxygen atoms in total. The van der Waals surface area contributed by atoms with Gasteiger partial charge in [0.2, 0.25) is 0 Å². The van der Waals surface area contributed by atoms with Gasteiger partial charge in [0.25, 0.3) is 11.8 Å². The molecule has 3 aromatic rings. The van der Waals surface area contributed by atoms with E-state index in [2.05, 4.69) is 5.32 Å². The number of carbonyl (C=O) groups excluding carboxylic acids is 2. The summed E-state index contributed by atoms with van der Waals surface area (Å²) < 4.78 is 26.6. The van der Waals surface area contributed by atoms with Crippen LogP contribution in [0.25, 0.3) is 0 Å². The van der Waals surface area contributed by atoms with Crippen molar-refractivity contribution in [3.8, 4) is 0 Å². The largest absolute Gasteiger partial charge is 0.334 e. The van der Waals surface area contributed by atoms with Gasteiger partial charge in [-0.25, -0.2) is 8.78 Å². The minimum Gasteiger partial charge on any atom is -0.334 e. The van der Waals surface area contributed by atoms with Crippen LogP contribution in [-0.2, 0) is 6.54 Å². The number of thiophene rings is 1. The van der Waals surface area contributed by atoms with E-state index in [4.69, 9.17) is 11.6 Å². The summed E-state index contributed by atoms with van der Waals surface area (Å²) in [4.78, 5) is 27.6. The fraction of sp³-hybridized carbons (Fsp3) is 0.182. The van der Waals surface area contributed by atoms with Crippen LogP contribution in [0, 0.1) is 18.6 Å². The molecule has 2 aromatic carbocycles. The van der Waals surface area contributed by atoms with Crippen molar-refractivity contribution in [2.75, 3.05) is 11.9 Å². The smallest absolute Gasteiger partial charge is 0.264 e. The van der Waals surface area contributed by atoms with Crippen molar-refractivity contribution >= 4 is 39.8 Å². The zero-order chi connectivity index (χ0) is 21.8. The molecule has 30 heavy (non-hydrogen) atoms. The Balaban J connectivity index is 1.77. The second-order valence-electron chi connectivity index (χ2n) is 6.65. The van der Waals surface area contributed by atoms with E-state index in [-0.39, 0.29) is 28.9 Å². The predicted octanol–water partition coefficient (Wildman–Crippen LogP) is 5.90. The molecule has 0 saturated heterocycles. The maximum atomic E-state index is 13.5. The maximum absolute atomic E-state index is 13.5. The van der Waals surface area contributed by atoms with E-state index in [0.29, 0.717) is 27.5 Å². The third kappa shape index (κ3) is 5.04. The minimum atomic E-state index is -0.533. The number of nitrogens with one attached hydrogen (secondary N) is 1. The van der Waals surface area contributed by atoms with Crippen LogP contribution in [0.1, 0.15) is 38.1 Å². The van der Waals surface area contributed by atoms with Gasteiger partial charge in [0.1, 0.15) is 11.6 Å². The van der Waals surface area contributed by atoms with Crippen molar-refractivity contribution in [1.82, 2.24) is 4.90 Å². The molecule has 0 bridgehead atoms. The number of hydrogen-bond acceptors (Lipinski definition) is 3. The lowest BCUT2D eigenvalue weighted by Gasteiger charge is -2.20. The molecule has 3 rings (SSSR count). The van der Waals surface area contributed by atoms with Crippen LogP contribution in [0.4, 0.5) is 13.8 Å². The summed E-state index contributed by atoms with van der Waals surface area (Å²) in [5.41, 5.74) is 1.54. The summed E-state index contributed by atoms with van der Waals surface area (Å²) in [6.07, 6.45) is 0. The van der Waals surface area contributed by atoms with E-state index in [9.17, 15) is 18.4 Å². The lowest BCUT2D eigenvalue weighted by atomic mass is 10.2. The Labute approximate surface area is 182 Å². The van der Waals surface area contributed by atoms with Gasteiger partial charge in [-0.1, -0.05) is 23.7 Å². The van der Waals surface area contributed by atoms with Crippen LogP contribution in [0.5, 0.6) is 0 Å². The van der Waals surface area contributed by atoms with Gasteiger partial charge < -0.3 is 10.2 Å². The second kappa shape index (κ2) is 9.36. The number of amides is 2. The molecule has 156 valence electrons. The van der Waals surface area contributed by atoms with Crippen LogP contribution in [-0.4, -0.2) is 23.3 Å². The summed E-state index contributed by atoms with van der Waals surface area (Å²) in [5.74, 6) is -1.58. The Morgan fingerprint density at radius 3 is 2.50 bits per heavy atom. The van der Waals surface area contributed by atoms with E-state index in [1.807, 2.05) is 6.92 Å². The van der Waals surface area contributed by atoms with Crippen molar-refractivity contribution in [3.63, 3.8) is 0 Å². The SMILES string of the molecule is CCN(Cc1cccc(F)c1)C(=O)c1sc(NC(=O)c2ccc(F)cc2Cl)cc1C. The molecule has 0 fully saturated rings. The van der Waals surface area contributed by atoms with E-state index in [1.165, 1.54) is 18.2 Å². The Hall–Kier alpha value is -2.77. The number of rotatable bonds is 6. The van der Waals surface area contributed by atoms with Gasteiger partial charge >= 0.3 is 0 Å². The molecular formula is C22H19ClF2N2O2S. The minimum absolute atomic E-state index is 0.00401. The molecule has 1 N–H and O–H groups in total. The number of carbonyl (C=O) groups is 2. The third-order valence-electron chi connectivity index (χ3n) is 4.46. The molecule has 0 aliphatic carbocycles. The lowest BCUT2D eigenvalue weighted by molar-refractivity contribution is 0.0756. The summed E-state index contributed by atoms with van der Waals surface area (Å²) in [5, 5.41) is 3.18. The average Bonchev–Trinajstić information content (AvgIpc) is 3.05. The molecule has 0 radical (unpaired) electrons. The fourth-order valence-corrected chi connectivity index (χ4v) is 4.22. The second-order valence-corrected chi connectivity index (χ2v) is 8.11. The van der Waals surface area contributed by atoms with Gasteiger partial charge in [-0.05, 0) is 61.4 Å². The first kappa shape index (κ1) is 21.9. The molecule has 0 atom stereocenters. The third-order valence-corrected chi connectivity index (χ3v) is 5.91. The summed E-state index contributed by atoms with van der Waals surface area (Å²) >= 11 is 7.08. The number of aryl methyl sites for hydroxylation is 1. The molecule has 8 heteroatoms. The van der Waals surface area contributed by atoms with Gasteiger partial charge in [-0.3, -0.25) is 9.59 Å². The van der Waals surface area contributed by atoms with Gasteiger partial charge in [-0.15, -0.1) is 11.3 Å². The van der Waals surface area contributed by atoms with Crippen molar-refractivity contribution in [1.29, 1.82) is 0 Å². The lowest BCUT2D eigenvalue weighted by Crippen LogP contribution is -2.30. The molecule has 0 saturated carbocycles. The molecule has 2 amide bonds. The Bertz CT molecular complexity index is 1100. The first-order valence-corrected chi connectivity index (χ1v) is 10.4. The van der Waals surface area contributed by atoms with E-state index in [1.54, 1.807) is 30.0 Å². The Morgan fingerprint density at radius 1 is 1.10 bits per heavy atom. The highest BCUT2D eigenvalue weighted by Gasteiger charge is 2.21. The number of hydrogen-bond donors (Lipinski definition) is 1. The highest BCUT2D eigenvalue weighted by molar-refractivity contribution is 7.18. The van der Waals surface area contributed by atoms with Crippen molar-refractivity contribution in [2.24, 2.45) is 0 Å². The molecule has 0 unspecified atom stereocenters. The normalized spacial score (nSPS) is 10.7. The zero-order valence-electron chi connectivity index (χ0n) is 16.3. The average molecular weight is 449 g/mol. The number of benzene rings is 2. The van der Waals surface area contributed by atoms with Crippen LogP contribution in [0.2, 0.25) is 5.02 Å². The topological polar surface area (TPSA) is 49.4 Å². The number of nitrogens with zero attached hydrogens (tertiary/aromatic N) is 1. The Kier molecular flexibility index (Phi) is 6.84. The molecule has 1 aromatic heterocycles. The van der Waals surface area contributed by atoms with Gasteiger partial charge in [0, 0.05) is 13.1 Å². The zero-order valence-corrected chi connectivity index (χ0v) is 17.9. The molecule has 0 aliphatic heterocycles. The monoisotopic (exact) mass is 448 g/mol. The quantitative estimate of drug-likeness (QED) is 0.510. The molecular weight excluding hydrogens is 430 g/mol. The van der Waals surface area contributed by atoms with E-state index in [0.717, 1.165) is 23.5 Å². The highest BCUT2D eigenvalue weighted by Crippen LogP contribution is 2.29. The van der Waals surface area contributed by atoms with Crippen molar-refractivity contribution in [3.05, 3.63) is 86.8 Å².